The molecule has 4 heterocycles. The molecule has 48 heavy (non-hydrogen) atoms. The number of aromatic nitrogens is 1. The number of morpholine rings is 1. The van der Waals surface area contributed by atoms with E-state index >= 15 is 0 Å². The molecule has 7 rings (SSSR count). The minimum atomic E-state index is -0.591. The maximum Gasteiger partial charge on any atom is 0.236 e. The van der Waals surface area contributed by atoms with Crippen LogP contribution in [-0.4, -0.2) is 102 Å². The Labute approximate surface area is 289 Å². The van der Waals surface area contributed by atoms with Gasteiger partial charge in [-0.15, -0.1) is 11.3 Å². The third-order valence-corrected chi connectivity index (χ3v) is 13.0. The molecule has 8 nitrogen and oxygen atoms in total. The van der Waals surface area contributed by atoms with Crippen molar-refractivity contribution in [1.82, 2.24) is 19.7 Å². The predicted octanol–water partition coefficient (Wildman–Crippen LogP) is 6.23. The molecule has 1 aromatic carbocycles. The molecular formula is C39H52N4O4S. The zero-order valence-corrected chi connectivity index (χ0v) is 30.4. The Balaban J connectivity index is 1.10. The molecule has 3 aromatic rings. The van der Waals surface area contributed by atoms with Gasteiger partial charge in [-0.05, 0) is 103 Å². The van der Waals surface area contributed by atoms with Gasteiger partial charge >= 0.3 is 0 Å². The fourth-order valence-electron chi connectivity index (χ4n) is 9.19. The lowest BCUT2D eigenvalue weighted by atomic mass is 9.76. The molecule has 4 aliphatic rings. The number of ether oxygens (including phenoxy) is 1. The number of Topliss-reactive ketones (excluding diaryl/α,β-unsaturated/α-hetero) is 2. The molecular weight excluding hydrogens is 621 g/mol. The quantitative estimate of drug-likeness (QED) is 0.271. The molecule has 2 aromatic heterocycles. The summed E-state index contributed by atoms with van der Waals surface area (Å²) in [7, 11) is 0. The SMILES string of the molecule is Cc1cc(C)cc(-c2[nH]c3sc(C(C)(C)C(=O)C4C5CCC4CC5)cc3c2C(=O)CN2CCN(CC(=O)N3CC(C)OC(C)C3)CC2)c1. The number of nitrogens with one attached hydrogen (secondary N) is 1. The molecule has 2 saturated carbocycles. The molecule has 1 N–H and O–H groups in total. The van der Waals surface area contributed by atoms with E-state index in [-0.39, 0.29) is 29.8 Å². The van der Waals surface area contributed by atoms with E-state index in [1.807, 2.05) is 18.7 Å². The van der Waals surface area contributed by atoms with Gasteiger partial charge in [0.25, 0.3) is 0 Å². The highest BCUT2D eigenvalue weighted by atomic mass is 32.1. The lowest BCUT2D eigenvalue weighted by Crippen LogP contribution is -2.54. The van der Waals surface area contributed by atoms with Crippen LogP contribution in [0.4, 0.5) is 0 Å². The number of benzene rings is 1. The molecule has 2 saturated heterocycles. The van der Waals surface area contributed by atoms with Crippen LogP contribution in [-0.2, 0) is 19.7 Å². The number of amides is 1. The van der Waals surface area contributed by atoms with E-state index in [0.29, 0.717) is 43.8 Å². The van der Waals surface area contributed by atoms with E-state index in [2.05, 4.69) is 66.7 Å². The predicted molar refractivity (Wildman–Crippen MR) is 192 cm³/mol. The summed E-state index contributed by atoms with van der Waals surface area (Å²) in [6.07, 6.45) is 4.88. The molecule has 2 aliphatic carbocycles. The molecule has 2 atom stereocenters. The minimum absolute atomic E-state index is 0.0577. The van der Waals surface area contributed by atoms with Gasteiger partial charge in [0.05, 0.1) is 42.0 Å². The van der Waals surface area contributed by atoms with Crippen molar-refractivity contribution in [3.8, 4) is 11.3 Å². The Morgan fingerprint density at radius 1 is 0.854 bits per heavy atom. The number of aromatic amines is 1. The number of ketones is 2. The Morgan fingerprint density at radius 2 is 1.42 bits per heavy atom. The first kappa shape index (κ1) is 33.6. The van der Waals surface area contributed by atoms with Crippen LogP contribution in [0.2, 0.25) is 0 Å². The number of H-pyrrole nitrogens is 1. The zero-order valence-electron chi connectivity index (χ0n) is 29.6. The van der Waals surface area contributed by atoms with Crippen LogP contribution >= 0.6 is 11.3 Å². The molecule has 1 amide bonds. The first-order chi connectivity index (χ1) is 22.9. The van der Waals surface area contributed by atoms with Gasteiger partial charge < -0.3 is 14.6 Å². The van der Waals surface area contributed by atoms with Crippen LogP contribution in [0.1, 0.15) is 79.7 Å². The fourth-order valence-corrected chi connectivity index (χ4v) is 10.4. The highest BCUT2D eigenvalue weighted by molar-refractivity contribution is 7.19. The molecule has 4 fully saturated rings. The maximum atomic E-state index is 14.4. The topological polar surface area (TPSA) is 86.0 Å². The maximum absolute atomic E-state index is 14.4. The summed E-state index contributed by atoms with van der Waals surface area (Å²) in [6, 6.07) is 8.59. The van der Waals surface area contributed by atoms with Crippen molar-refractivity contribution in [3.05, 3.63) is 45.8 Å². The first-order valence-electron chi connectivity index (χ1n) is 18.1. The number of rotatable bonds is 9. The zero-order chi connectivity index (χ0) is 33.9. The second-order valence-corrected chi connectivity index (χ2v) is 16.9. The summed E-state index contributed by atoms with van der Waals surface area (Å²) in [5.74, 6) is 1.91. The summed E-state index contributed by atoms with van der Waals surface area (Å²) < 4.78 is 5.81. The second kappa shape index (κ2) is 13.1. The average Bonchev–Trinajstić information content (AvgIpc) is 3.81. The number of aryl methyl sites for hydroxylation is 2. The van der Waals surface area contributed by atoms with E-state index in [4.69, 9.17) is 4.74 Å². The first-order valence-corrected chi connectivity index (χ1v) is 18.9. The average molecular weight is 673 g/mol. The highest BCUT2D eigenvalue weighted by Crippen LogP contribution is 2.52. The molecule has 2 unspecified atom stereocenters. The number of fused-ring (bicyclic) bond motifs is 3. The number of carbonyl (C=O) groups excluding carboxylic acids is 3. The van der Waals surface area contributed by atoms with Crippen LogP contribution < -0.4 is 0 Å². The van der Waals surface area contributed by atoms with Crippen molar-refractivity contribution < 1.29 is 19.1 Å². The smallest absolute Gasteiger partial charge is 0.236 e. The number of piperazine rings is 1. The van der Waals surface area contributed by atoms with E-state index in [9.17, 15) is 14.4 Å². The van der Waals surface area contributed by atoms with Gasteiger partial charge in [0.1, 0.15) is 10.6 Å². The Morgan fingerprint density at radius 3 is 2.00 bits per heavy atom. The van der Waals surface area contributed by atoms with Crippen molar-refractivity contribution in [2.45, 2.75) is 84.8 Å². The van der Waals surface area contributed by atoms with Crippen LogP contribution in [0.3, 0.4) is 0 Å². The fraction of sp³-hybridized carbons (Fsp3) is 0.615. The van der Waals surface area contributed by atoms with Crippen molar-refractivity contribution >= 4 is 39.0 Å². The Kier molecular flexibility index (Phi) is 9.20. The van der Waals surface area contributed by atoms with Gasteiger partial charge in [0.2, 0.25) is 5.91 Å². The van der Waals surface area contributed by atoms with Gasteiger partial charge in [-0.1, -0.05) is 17.2 Å². The van der Waals surface area contributed by atoms with Crippen LogP contribution in [0, 0.1) is 31.6 Å². The van der Waals surface area contributed by atoms with E-state index in [1.165, 1.54) is 25.7 Å². The van der Waals surface area contributed by atoms with Crippen LogP contribution in [0.25, 0.3) is 21.5 Å². The summed E-state index contributed by atoms with van der Waals surface area (Å²) in [4.78, 5) is 53.6. The van der Waals surface area contributed by atoms with Crippen molar-refractivity contribution in [2.75, 3.05) is 52.4 Å². The standard InChI is InChI=1S/C39H52N4O4S/c1-23-15-24(2)17-29(16-23)36-35(30-18-32(48-38(30)40-36)39(5,6)37(46)34-27-7-8-28(34)10-9-27)31(44)21-41-11-13-42(14-12-41)22-33(45)43-19-25(3)47-26(4)20-43/h15-18,25-28,34,40H,7-14,19-22H2,1-6H3. The normalized spacial score (nSPS) is 26.9. The van der Waals surface area contributed by atoms with Crippen LogP contribution in [0.5, 0.6) is 0 Å². The van der Waals surface area contributed by atoms with Gasteiger partial charge in [-0.2, -0.15) is 0 Å². The summed E-state index contributed by atoms with van der Waals surface area (Å²) >= 11 is 1.64. The molecule has 0 radical (unpaired) electrons. The number of hydrogen-bond donors (Lipinski definition) is 1. The number of nitrogens with zero attached hydrogens (tertiary/aromatic N) is 3. The minimum Gasteiger partial charge on any atom is -0.372 e. The molecule has 2 bridgehead atoms. The van der Waals surface area contributed by atoms with E-state index in [0.717, 1.165) is 69.2 Å². The molecule has 258 valence electrons. The lowest BCUT2D eigenvalue weighted by molar-refractivity contribution is -0.144. The third kappa shape index (κ3) is 6.43. The Hall–Kier alpha value is -2.85. The van der Waals surface area contributed by atoms with Gasteiger partial charge in [-0.3, -0.25) is 24.2 Å². The monoisotopic (exact) mass is 672 g/mol. The van der Waals surface area contributed by atoms with Gasteiger partial charge in [0.15, 0.2) is 5.78 Å². The summed E-state index contributed by atoms with van der Waals surface area (Å²) in [5.41, 5.74) is 4.35. The van der Waals surface area contributed by atoms with Gasteiger partial charge in [-0.25, -0.2) is 0 Å². The molecule has 0 spiro atoms. The van der Waals surface area contributed by atoms with Gasteiger partial charge in [0, 0.05) is 55.4 Å². The highest BCUT2D eigenvalue weighted by Gasteiger charge is 2.50. The number of hydrogen-bond acceptors (Lipinski definition) is 7. The van der Waals surface area contributed by atoms with Crippen molar-refractivity contribution in [3.63, 3.8) is 0 Å². The second-order valence-electron chi connectivity index (χ2n) is 15.8. The molecule has 9 heteroatoms. The lowest BCUT2D eigenvalue weighted by Gasteiger charge is -2.38. The summed E-state index contributed by atoms with van der Waals surface area (Å²) in [5, 5.41) is 0.933. The number of thiophene rings is 1. The van der Waals surface area contributed by atoms with E-state index in [1.54, 1.807) is 11.3 Å². The summed E-state index contributed by atoms with van der Waals surface area (Å²) in [6.45, 7) is 17.4. The molecule has 2 aliphatic heterocycles. The third-order valence-electron chi connectivity index (χ3n) is 11.6. The largest absolute Gasteiger partial charge is 0.372 e. The van der Waals surface area contributed by atoms with Crippen molar-refractivity contribution in [2.24, 2.45) is 17.8 Å². The van der Waals surface area contributed by atoms with Crippen molar-refractivity contribution in [1.29, 1.82) is 0 Å². The Bertz CT molecular complexity index is 1670. The number of carbonyl (C=O) groups is 3. The van der Waals surface area contributed by atoms with Crippen LogP contribution in [0.15, 0.2) is 24.3 Å². The van der Waals surface area contributed by atoms with E-state index < -0.39 is 5.41 Å².